The summed E-state index contributed by atoms with van der Waals surface area (Å²) in [6.07, 6.45) is 0.709. The number of hydrogen-bond acceptors (Lipinski definition) is 8. The van der Waals surface area contributed by atoms with Crippen LogP contribution in [0.3, 0.4) is 0 Å². The van der Waals surface area contributed by atoms with Gasteiger partial charge in [-0.25, -0.2) is 0 Å². The Labute approximate surface area is 243 Å². The van der Waals surface area contributed by atoms with Crippen LogP contribution in [0.25, 0.3) is 0 Å². The molecule has 0 saturated carbocycles. The Morgan fingerprint density at radius 3 is 2.33 bits per heavy atom. The summed E-state index contributed by atoms with van der Waals surface area (Å²) in [5, 5.41) is 17.9. The van der Waals surface area contributed by atoms with Crippen molar-refractivity contribution >= 4 is 23.1 Å². The summed E-state index contributed by atoms with van der Waals surface area (Å²) in [5.41, 5.74) is 3.87. The largest absolute Gasteiger partial charge is 0.497 e. The van der Waals surface area contributed by atoms with Crippen molar-refractivity contribution in [3.63, 3.8) is 0 Å². The SMILES string of the molecule is COc1ccc(NC(=O)C2=C(C)NC3=C(C(=O)C[C@@H](c4ccc(OC)c(OC)c4)C3)[C@@H]2c2cccc([N+](=O)[O-])c2)cc1. The van der Waals surface area contributed by atoms with E-state index in [1.165, 1.54) is 12.1 Å². The van der Waals surface area contributed by atoms with E-state index in [2.05, 4.69) is 10.6 Å². The molecule has 0 bridgehead atoms. The number of anilines is 1. The molecule has 0 radical (unpaired) electrons. The van der Waals surface area contributed by atoms with E-state index in [0.717, 1.165) is 5.56 Å². The minimum atomic E-state index is -0.793. The topological polar surface area (TPSA) is 129 Å². The second kappa shape index (κ2) is 11.8. The average molecular weight is 570 g/mol. The quantitative estimate of drug-likeness (QED) is 0.264. The fourth-order valence-electron chi connectivity index (χ4n) is 5.71. The van der Waals surface area contributed by atoms with E-state index in [-0.39, 0.29) is 23.8 Å². The molecular formula is C32H31N3O7. The van der Waals surface area contributed by atoms with Crippen molar-refractivity contribution in [2.75, 3.05) is 26.6 Å². The number of ether oxygens (including phenoxy) is 3. The van der Waals surface area contributed by atoms with Gasteiger partial charge in [-0.2, -0.15) is 0 Å². The zero-order valence-electron chi connectivity index (χ0n) is 23.7. The number of dihydropyridines is 1. The molecule has 2 atom stereocenters. The fraction of sp³-hybridized carbons (Fsp3) is 0.250. The van der Waals surface area contributed by atoms with E-state index in [4.69, 9.17) is 14.2 Å². The van der Waals surface area contributed by atoms with Gasteiger partial charge >= 0.3 is 0 Å². The van der Waals surface area contributed by atoms with Gasteiger partial charge in [0, 0.05) is 52.7 Å². The molecule has 42 heavy (non-hydrogen) atoms. The third-order valence-corrected chi connectivity index (χ3v) is 7.71. The maximum Gasteiger partial charge on any atom is 0.269 e. The summed E-state index contributed by atoms with van der Waals surface area (Å²) < 4.78 is 16.0. The number of nitro benzene ring substituents is 1. The number of methoxy groups -OCH3 is 3. The summed E-state index contributed by atoms with van der Waals surface area (Å²) in [7, 11) is 4.69. The van der Waals surface area contributed by atoms with Gasteiger partial charge in [0.05, 0.1) is 26.3 Å². The number of hydrogen-bond donors (Lipinski definition) is 2. The number of nitrogens with one attached hydrogen (secondary N) is 2. The Morgan fingerprint density at radius 1 is 0.929 bits per heavy atom. The van der Waals surface area contributed by atoms with Crippen LogP contribution < -0.4 is 24.8 Å². The zero-order valence-corrected chi connectivity index (χ0v) is 23.7. The molecule has 216 valence electrons. The number of Topliss-reactive ketones (excluding diaryl/α,β-unsaturated/α-hetero) is 1. The third kappa shape index (κ3) is 5.43. The summed E-state index contributed by atoms with van der Waals surface area (Å²) in [5.74, 6) is 0.321. The Hall–Kier alpha value is -5.12. The summed E-state index contributed by atoms with van der Waals surface area (Å²) in [4.78, 5) is 38.9. The Morgan fingerprint density at radius 2 is 1.67 bits per heavy atom. The monoisotopic (exact) mass is 569 g/mol. The Kier molecular flexibility index (Phi) is 7.97. The zero-order chi connectivity index (χ0) is 30.0. The molecule has 2 N–H and O–H groups in total. The molecule has 1 heterocycles. The molecule has 0 spiro atoms. The lowest BCUT2D eigenvalue weighted by atomic mass is 9.71. The molecule has 2 aliphatic rings. The minimum absolute atomic E-state index is 0.118. The highest BCUT2D eigenvalue weighted by molar-refractivity contribution is 6.10. The van der Waals surface area contributed by atoms with Gasteiger partial charge in [0.1, 0.15) is 5.75 Å². The molecule has 1 amide bonds. The standard InChI is InChI=1S/C32H31N3O7/c1-18-29(32(37)34-22-9-11-24(40-2)12-10-22)30(20-6-5-7-23(14-20)35(38)39)31-25(33-18)15-21(16-26(31)36)19-8-13-27(41-3)28(17-19)42-4/h5-14,17,21,30,33H,15-16H2,1-4H3,(H,34,37)/t21-,30+/m0/s1. The number of non-ortho nitro benzene ring substituents is 1. The van der Waals surface area contributed by atoms with E-state index >= 15 is 0 Å². The van der Waals surface area contributed by atoms with E-state index in [0.29, 0.717) is 57.5 Å². The van der Waals surface area contributed by atoms with Crippen molar-refractivity contribution in [3.05, 3.63) is 111 Å². The van der Waals surface area contributed by atoms with Gasteiger partial charge in [-0.3, -0.25) is 19.7 Å². The van der Waals surface area contributed by atoms with E-state index < -0.39 is 16.7 Å². The molecule has 0 aromatic heterocycles. The lowest BCUT2D eigenvalue weighted by Gasteiger charge is -2.37. The van der Waals surface area contributed by atoms with E-state index in [9.17, 15) is 19.7 Å². The predicted octanol–water partition coefficient (Wildman–Crippen LogP) is 5.62. The first-order valence-electron chi connectivity index (χ1n) is 13.4. The lowest BCUT2D eigenvalue weighted by molar-refractivity contribution is -0.384. The normalized spacial score (nSPS) is 18.1. The van der Waals surface area contributed by atoms with Gasteiger partial charge in [0.2, 0.25) is 0 Å². The van der Waals surface area contributed by atoms with Crippen molar-refractivity contribution in [2.45, 2.75) is 31.6 Å². The first kappa shape index (κ1) is 28.4. The first-order valence-corrected chi connectivity index (χ1v) is 13.4. The Bertz CT molecular complexity index is 1630. The van der Waals surface area contributed by atoms with E-state index in [1.807, 2.05) is 18.2 Å². The molecule has 1 aliphatic heterocycles. The van der Waals surface area contributed by atoms with Crippen molar-refractivity contribution in [3.8, 4) is 17.2 Å². The number of nitrogens with zero attached hydrogens (tertiary/aromatic N) is 1. The van der Waals surface area contributed by atoms with Crippen LogP contribution >= 0.6 is 0 Å². The summed E-state index contributed by atoms with van der Waals surface area (Å²) in [6.45, 7) is 1.78. The number of allylic oxidation sites excluding steroid dienone is 3. The highest BCUT2D eigenvalue weighted by atomic mass is 16.6. The molecule has 10 heteroatoms. The molecule has 0 fully saturated rings. The van der Waals surface area contributed by atoms with Crippen LogP contribution in [0.2, 0.25) is 0 Å². The molecule has 1 aliphatic carbocycles. The number of carbonyl (C=O) groups excluding carboxylic acids is 2. The lowest BCUT2D eigenvalue weighted by Crippen LogP contribution is -2.37. The van der Waals surface area contributed by atoms with Crippen molar-refractivity contribution < 1.29 is 28.7 Å². The van der Waals surface area contributed by atoms with Crippen LogP contribution in [-0.4, -0.2) is 37.9 Å². The van der Waals surface area contributed by atoms with Crippen LogP contribution in [0, 0.1) is 10.1 Å². The van der Waals surface area contributed by atoms with Gasteiger partial charge in [0.15, 0.2) is 17.3 Å². The summed E-state index contributed by atoms with van der Waals surface area (Å²) >= 11 is 0. The highest BCUT2D eigenvalue weighted by Gasteiger charge is 2.41. The van der Waals surface area contributed by atoms with Crippen molar-refractivity contribution in [1.82, 2.24) is 5.32 Å². The van der Waals surface area contributed by atoms with Gasteiger partial charge in [-0.15, -0.1) is 0 Å². The number of ketones is 1. The predicted molar refractivity (Wildman–Crippen MR) is 157 cm³/mol. The van der Waals surface area contributed by atoms with E-state index in [1.54, 1.807) is 64.7 Å². The van der Waals surface area contributed by atoms with Crippen molar-refractivity contribution in [1.29, 1.82) is 0 Å². The second-order valence-corrected chi connectivity index (χ2v) is 10.2. The maximum atomic E-state index is 13.9. The average Bonchev–Trinajstić information content (AvgIpc) is 3.00. The molecular weight excluding hydrogens is 538 g/mol. The van der Waals surface area contributed by atoms with Gasteiger partial charge in [-0.1, -0.05) is 18.2 Å². The molecule has 0 saturated heterocycles. The number of amides is 1. The third-order valence-electron chi connectivity index (χ3n) is 7.71. The van der Waals surface area contributed by atoms with Gasteiger partial charge < -0.3 is 24.8 Å². The van der Waals surface area contributed by atoms with Crippen LogP contribution in [0.15, 0.2) is 89.3 Å². The molecule has 0 unspecified atom stereocenters. The fourth-order valence-corrected chi connectivity index (χ4v) is 5.71. The number of rotatable bonds is 8. The summed E-state index contributed by atoms with van der Waals surface area (Å²) in [6, 6.07) is 18.6. The van der Waals surface area contributed by atoms with Crippen LogP contribution in [0.4, 0.5) is 11.4 Å². The molecule has 10 nitrogen and oxygen atoms in total. The van der Waals surface area contributed by atoms with Gasteiger partial charge in [0.25, 0.3) is 11.6 Å². The second-order valence-electron chi connectivity index (χ2n) is 10.2. The highest BCUT2D eigenvalue weighted by Crippen LogP contribution is 2.47. The van der Waals surface area contributed by atoms with Crippen molar-refractivity contribution in [2.24, 2.45) is 0 Å². The van der Waals surface area contributed by atoms with Gasteiger partial charge in [-0.05, 0) is 66.8 Å². The molecule has 5 rings (SSSR count). The Balaban J connectivity index is 1.56. The molecule has 3 aromatic rings. The maximum absolute atomic E-state index is 13.9. The molecule has 3 aromatic carbocycles. The van der Waals surface area contributed by atoms with Crippen LogP contribution in [-0.2, 0) is 9.59 Å². The number of nitro groups is 1. The number of benzene rings is 3. The minimum Gasteiger partial charge on any atom is -0.497 e. The first-order chi connectivity index (χ1) is 20.2. The van der Waals surface area contributed by atoms with Crippen LogP contribution in [0.5, 0.6) is 17.2 Å². The van der Waals surface area contributed by atoms with Crippen LogP contribution in [0.1, 0.15) is 42.7 Å². The number of carbonyl (C=O) groups is 2. The smallest absolute Gasteiger partial charge is 0.269 e.